The molecule has 2 aliphatic rings. The third-order valence-electron chi connectivity index (χ3n) is 4.92. The van der Waals surface area contributed by atoms with Crippen LogP contribution in [0.15, 0.2) is 30.3 Å². The molecule has 2 fully saturated rings. The molecule has 20 heavy (non-hydrogen) atoms. The van der Waals surface area contributed by atoms with Crippen molar-refractivity contribution in [2.75, 3.05) is 32.7 Å². The molecule has 1 unspecified atom stereocenters. The minimum atomic E-state index is 0.850. The Balaban J connectivity index is 1.45. The van der Waals surface area contributed by atoms with E-state index in [1.807, 2.05) is 0 Å². The van der Waals surface area contributed by atoms with Gasteiger partial charge in [0.1, 0.15) is 0 Å². The highest BCUT2D eigenvalue weighted by molar-refractivity contribution is 5.14. The summed E-state index contributed by atoms with van der Waals surface area (Å²) < 4.78 is 0. The molecule has 0 aliphatic carbocycles. The van der Waals surface area contributed by atoms with E-state index < -0.39 is 0 Å². The Hall–Kier alpha value is -0.860. The van der Waals surface area contributed by atoms with E-state index in [4.69, 9.17) is 0 Å². The number of piperidine rings is 1. The van der Waals surface area contributed by atoms with Gasteiger partial charge in [-0.15, -0.1) is 0 Å². The molecule has 0 N–H and O–H groups in total. The lowest BCUT2D eigenvalue weighted by atomic mass is 10.0. The van der Waals surface area contributed by atoms with Crippen LogP contribution in [0.2, 0.25) is 0 Å². The van der Waals surface area contributed by atoms with E-state index in [1.165, 1.54) is 76.8 Å². The number of nitrogens with zero attached hydrogens (tertiary/aromatic N) is 2. The fourth-order valence-corrected chi connectivity index (χ4v) is 3.80. The zero-order valence-electron chi connectivity index (χ0n) is 12.6. The molecule has 2 aliphatic heterocycles. The minimum absolute atomic E-state index is 0.850. The number of benzene rings is 1. The van der Waals surface area contributed by atoms with Gasteiger partial charge in [0.15, 0.2) is 0 Å². The van der Waals surface area contributed by atoms with E-state index >= 15 is 0 Å². The summed E-state index contributed by atoms with van der Waals surface area (Å²) in [5.41, 5.74) is 1.49. The van der Waals surface area contributed by atoms with Gasteiger partial charge in [-0.3, -0.25) is 4.90 Å². The van der Waals surface area contributed by atoms with Crippen LogP contribution in [0, 0.1) is 0 Å². The molecule has 3 rings (SSSR count). The van der Waals surface area contributed by atoms with Crippen LogP contribution in [0.5, 0.6) is 0 Å². The van der Waals surface area contributed by atoms with Gasteiger partial charge in [0.05, 0.1) is 0 Å². The molecule has 0 saturated carbocycles. The minimum Gasteiger partial charge on any atom is -0.302 e. The van der Waals surface area contributed by atoms with Crippen LogP contribution in [-0.4, -0.2) is 48.6 Å². The molecule has 0 bridgehead atoms. The maximum Gasteiger partial charge on any atom is 0.0223 e. The zero-order chi connectivity index (χ0) is 13.6. The van der Waals surface area contributed by atoms with Crippen molar-refractivity contribution in [3.63, 3.8) is 0 Å². The van der Waals surface area contributed by atoms with Gasteiger partial charge in [0.25, 0.3) is 0 Å². The monoisotopic (exact) mass is 272 g/mol. The molecule has 2 heterocycles. The normalized spacial score (nSPS) is 25.1. The van der Waals surface area contributed by atoms with Crippen molar-refractivity contribution in [2.45, 2.75) is 44.6 Å². The molecule has 2 heteroatoms. The number of fused-ring (bicyclic) bond motifs is 1. The molecule has 1 aromatic carbocycles. The van der Waals surface area contributed by atoms with E-state index in [-0.39, 0.29) is 0 Å². The molecular weight excluding hydrogens is 244 g/mol. The highest BCUT2D eigenvalue weighted by Gasteiger charge is 2.26. The molecule has 2 saturated heterocycles. The Bertz CT molecular complexity index is 390. The Kier molecular flexibility index (Phi) is 5.10. The summed E-state index contributed by atoms with van der Waals surface area (Å²) in [5, 5.41) is 0. The summed E-state index contributed by atoms with van der Waals surface area (Å²) in [4.78, 5) is 5.47. The smallest absolute Gasteiger partial charge is 0.0223 e. The van der Waals surface area contributed by atoms with Crippen molar-refractivity contribution < 1.29 is 0 Å². The molecule has 0 amide bonds. The van der Waals surface area contributed by atoms with E-state index in [1.54, 1.807) is 0 Å². The maximum atomic E-state index is 2.75. The Morgan fingerprint density at radius 3 is 2.70 bits per heavy atom. The first kappa shape index (κ1) is 14.1. The fourth-order valence-electron chi connectivity index (χ4n) is 3.80. The molecule has 110 valence electrons. The van der Waals surface area contributed by atoms with Gasteiger partial charge >= 0.3 is 0 Å². The first-order chi connectivity index (χ1) is 9.92. The molecule has 2 nitrogen and oxygen atoms in total. The van der Waals surface area contributed by atoms with Crippen LogP contribution in [0.1, 0.15) is 37.7 Å². The average Bonchev–Trinajstić information content (AvgIpc) is 2.70. The van der Waals surface area contributed by atoms with Gasteiger partial charge in [-0.2, -0.15) is 0 Å². The average molecular weight is 272 g/mol. The van der Waals surface area contributed by atoms with Gasteiger partial charge in [-0.25, -0.2) is 0 Å². The lowest BCUT2D eigenvalue weighted by molar-refractivity contribution is 0.136. The summed E-state index contributed by atoms with van der Waals surface area (Å²) in [6.45, 7) is 6.58. The number of hydrogen-bond acceptors (Lipinski definition) is 2. The van der Waals surface area contributed by atoms with Crippen molar-refractivity contribution in [1.82, 2.24) is 9.80 Å². The first-order valence-corrected chi connectivity index (χ1v) is 8.42. The van der Waals surface area contributed by atoms with E-state index in [0.29, 0.717) is 0 Å². The highest BCUT2D eigenvalue weighted by Crippen LogP contribution is 2.21. The molecule has 1 aromatic rings. The number of hydrogen-bond donors (Lipinski definition) is 0. The highest BCUT2D eigenvalue weighted by atomic mass is 15.2. The van der Waals surface area contributed by atoms with E-state index in [0.717, 1.165) is 6.04 Å². The molecule has 0 aromatic heterocycles. The molecule has 0 radical (unpaired) electrons. The van der Waals surface area contributed by atoms with Crippen molar-refractivity contribution >= 4 is 0 Å². The second-order valence-corrected chi connectivity index (χ2v) is 6.43. The molecule has 1 atom stereocenters. The summed E-state index contributed by atoms with van der Waals surface area (Å²) in [5.74, 6) is 0. The standard InChI is InChI=1S/C18H28N2/c1-2-8-17(9-3-1)10-6-12-19-13-7-15-20-14-5-4-11-18(20)16-19/h1-3,8-9,18H,4-7,10-16H2. The van der Waals surface area contributed by atoms with Crippen molar-refractivity contribution in [3.8, 4) is 0 Å². The molecule has 0 spiro atoms. The zero-order valence-corrected chi connectivity index (χ0v) is 12.6. The Morgan fingerprint density at radius 1 is 0.950 bits per heavy atom. The summed E-state index contributed by atoms with van der Waals surface area (Å²) in [6.07, 6.45) is 8.18. The van der Waals surface area contributed by atoms with Crippen molar-refractivity contribution in [3.05, 3.63) is 35.9 Å². The van der Waals surface area contributed by atoms with Gasteiger partial charge in [-0.05, 0) is 63.8 Å². The largest absolute Gasteiger partial charge is 0.302 e. The predicted octanol–water partition coefficient (Wildman–Crippen LogP) is 3.18. The number of aryl methyl sites for hydroxylation is 1. The van der Waals surface area contributed by atoms with E-state index in [9.17, 15) is 0 Å². The summed E-state index contributed by atoms with van der Waals surface area (Å²) >= 11 is 0. The van der Waals surface area contributed by atoms with E-state index in [2.05, 4.69) is 40.1 Å². The maximum absolute atomic E-state index is 2.75. The second kappa shape index (κ2) is 7.24. The topological polar surface area (TPSA) is 6.48 Å². The predicted molar refractivity (Wildman–Crippen MR) is 85.0 cm³/mol. The second-order valence-electron chi connectivity index (χ2n) is 6.43. The van der Waals surface area contributed by atoms with Gasteiger partial charge in [0, 0.05) is 12.6 Å². The van der Waals surface area contributed by atoms with Crippen LogP contribution in [0.25, 0.3) is 0 Å². The van der Waals surface area contributed by atoms with Gasteiger partial charge < -0.3 is 4.90 Å². The van der Waals surface area contributed by atoms with Crippen molar-refractivity contribution in [2.24, 2.45) is 0 Å². The first-order valence-electron chi connectivity index (χ1n) is 8.42. The van der Waals surface area contributed by atoms with Gasteiger partial charge in [-0.1, -0.05) is 36.8 Å². The van der Waals surface area contributed by atoms with Crippen LogP contribution in [0.3, 0.4) is 0 Å². The van der Waals surface area contributed by atoms with Crippen LogP contribution < -0.4 is 0 Å². The van der Waals surface area contributed by atoms with Crippen LogP contribution >= 0.6 is 0 Å². The Labute approximate surface area is 123 Å². The lowest BCUT2D eigenvalue weighted by Crippen LogP contribution is -2.44. The van der Waals surface area contributed by atoms with Crippen molar-refractivity contribution in [1.29, 1.82) is 0 Å². The quantitative estimate of drug-likeness (QED) is 0.830. The van der Waals surface area contributed by atoms with Gasteiger partial charge in [0.2, 0.25) is 0 Å². The Morgan fingerprint density at radius 2 is 1.80 bits per heavy atom. The number of rotatable bonds is 4. The summed E-state index contributed by atoms with van der Waals surface area (Å²) in [6, 6.07) is 11.8. The fraction of sp³-hybridized carbons (Fsp3) is 0.667. The van der Waals surface area contributed by atoms with Crippen LogP contribution in [0.4, 0.5) is 0 Å². The summed E-state index contributed by atoms with van der Waals surface area (Å²) in [7, 11) is 0. The third kappa shape index (κ3) is 3.83. The third-order valence-corrected chi connectivity index (χ3v) is 4.92. The lowest BCUT2D eigenvalue weighted by Gasteiger charge is -2.35. The molecular formula is C18H28N2. The van der Waals surface area contributed by atoms with Crippen LogP contribution in [-0.2, 0) is 6.42 Å². The SMILES string of the molecule is c1ccc(CCCN2CCCN3CCCCC3C2)cc1.